The van der Waals surface area contributed by atoms with Crippen LogP contribution in [-0.2, 0) is 0 Å². The Morgan fingerprint density at radius 1 is 1.16 bits per heavy atom. The van der Waals surface area contributed by atoms with E-state index in [0.717, 1.165) is 11.1 Å². The number of rotatable bonds is 1. The van der Waals surface area contributed by atoms with Crippen LogP contribution >= 0.6 is 23.2 Å². The molecule has 2 aromatic heterocycles. The average molecular weight is 288 g/mol. The molecule has 1 aromatic carbocycles. The highest BCUT2D eigenvalue weighted by Gasteiger charge is 2.11. The summed E-state index contributed by atoms with van der Waals surface area (Å²) in [6.45, 7) is 0. The zero-order valence-corrected chi connectivity index (χ0v) is 11.2. The summed E-state index contributed by atoms with van der Waals surface area (Å²) in [5.41, 5.74) is 2.95. The van der Waals surface area contributed by atoms with Gasteiger partial charge in [0, 0.05) is 18.0 Å². The van der Waals surface area contributed by atoms with Crippen LogP contribution in [0.25, 0.3) is 16.8 Å². The molecule has 0 atom stereocenters. The first-order valence-corrected chi connectivity index (χ1v) is 6.28. The number of hydrogen-bond acceptors (Lipinski definition) is 2. The molecular formula is C14H7Cl2N3. The first-order chi connectivity index (χ1) is 9.20. The lowest BCUT2D eigenvalue weighted by Crippen LogP contribution is -1.91. The van der Waals surface area contributed by atoms with Gasteiger partial charge in [0.15, 0.2) is 5.65 Å². The van der Waals surface area contributed by atoms with Crippen molar-refractivity contribution < 1.29 is 0 Å². The fraction of sp³-hybridized carbons (Fsp3) is 0. The molecule has 0 N–H and O–H groups in total. The van der Waals surface area contributed by atoms with Crippen LogP contribution in [0.15, 0.2) is 42.7 Å². The van der Waals surface area contributed by atoms with E-state index < -0.39 is 0 Å². The van der Waals surface area contributed by atoms with Crippen molar-refractivity contribution in [3.8, 4) is 17.2 Å². The highest BCUT2D eigenvalue weighted by molar-refractivity contribution is 6.36. The van der Waals surface area contributed by atoms with Gasteiger partial charge in [0.2, 0.25) is 0 Å². The minimum absolute atomic E-state index is 0.536. The highest BCUT2D eigenvalue weighted by Crippen LogP contribution is 2.32. The quantitative estimate of drug-likeness (QED) is 0.630. The third kappa shape index (κ3) is 1.95. The monoisotopic (exact) mass is 287 g/mol. The van der Waals surface area contributed by atoms with Crippen molar-refractivity contribution in [2.45, 2.75) is 0 Å². The van der Waals surface area contributed by atoms with Gasteiger partial charge >= 0.3 is 0 Å². The SMILES string of the molecule is N#Cc1ccc(-c2cc(Cl)c3nccn3c2Cl)cc1. The molecule has 0 aliphatic carbocycles. The molecule has 92 valence electrons. The summed E-state index contributed by atoms with van der Waals surface area (Å²) in [5.74, 6) is 0. The van der Waals surface area contributed by atoms with Crippen LogP contribution in [0.4, 0.5) is 0 Å². The summed E-state index contributed by atoms with van der Waals surface area (Å²) in [6.07, 6.45) is 3.41. The molecule has 0 saturated heterocycles. The summed E-state index contributed by atoms with van der Waals surface area (Å²) < 4.78 is 1.73. The van der Waals surface area contributed by atoms with E-state index in [1.54, 1.807) is 35.0 Å². The molecule has 0 fully saturated rings. The lowest BCUT2D eigenvalue weighted by molar-refractivity contribution is 1.19. The predicted octanol–water partition coefficient (Wildman–Crippen LogP) is 4.18. The average Bonchev–Trinajstić information content (AvgIpc) is 2.93. The van der Waals surface area contributed by atoms with E-state index in [9.17, 15) is 0 Å². The third-order valence-electron chi connectivity index (χ3n) is 2.88. The minimum atomic E-state index is 0.536. The number of hydrogen-bond donors (Lipinski definition) is 0. The van der Waals surface area contributed by atoms with E-state index in [-0.39, 0.29) is 0 Å². The third-order valence-corrected chi connectivity index (χ3v) is 3.55. The van der Waals surface area contributed by atoms with Crippen molar-refractivity contribution in [1.82, 2.24) is 9.38 Å². The van der Waals surface area contributed by atoms with Crippen molar-refractivity contribution in [3.63, 3.8) is 0 Å². The molecule has 0 bridgehead atoms. The van der Waals surface area contributed by atoms with Crippen molar-refractivity contribution in [3.05, 3.63) is 58.5 Å². The number of aromatic nitrogens is 2. The molecule has 0 radical (unpaired) electrons. The molecule has 0 aliphatic rings. The van der Waals surface area contributed by atoms with Gasteiger partial charge in [0.25, 0.3) is 0 Å². The van der Waals surface area contributed by atoms with Crippen molar-refractivity contribution in [2.24, 2.45) is 0 Å². The lowest BCUT2D eigenvalue weighted by Gasteiger charge is -2.08. The summed E-state index contributed by atoms with van der Waals surface area (Å²) >= 11 is 12.6. The smallest absolute Gasteiger partial charge is 0.156 e. The van der Waals surface area contributed by atoms with Crippen molar-refractivity contribution in [1.29, 1.82) is 5.26 Å². The Hall–Kier alpha value is -2.02. The van der Waals surface area contributed by atoms with Gasteiger partial charge in [-0.1, -0.05) is 35.3 Å². The first-order valence-electron chi connectivity index (χ1n) is 5.52. The van der Waals surface area contributed by atoms with Gasteiger partial charge in [0.1, 0.15) is 5.15 Å². The van der Waals surface area contributed by atoms with Crippen LogP contribution in [0, 0.1) is 11.3 Å². The van der Waals surface area contributed by atoms with Crippen LogP contribution in [0.1, 0.15) is 5.56 Å². The Kier molecular flexibility index (Phi) is 2.90. The molecule has 0 aliphatic heterocycles. The van der Waals surface area contributed by atoms with Crippen molar-refractivity contribution >= 4 is 28.8 Å². The Labute approximate surface area is 119 Å². The second-order valence-electron chi connectivity index (χ2n) is 4.01. The largest absolute Gasteiger partial charge is 0.289 e. The fourth-order valence-electron chi connectivity index (χ4n) is 1.95. The van der Waals surface area contributed by atoms with Crippen LogP contribution < -0.4 is 0 Å². The molecular weight excluding hydrogens is 281 g/mol. The topological polar surface area (TPSA) is 41.1 Å². The number of nitrogens with zero attached hydrogens (tertiary/aromatic N) is 3. The van der Waals surface area contributed by atoms with Gasteiger partial charge in [-0.2, -0.15) is 5.26 Å². The zero-order chi connectivity index (χ0) is 13.4. The number of pyridine rings is 1. The summed E-state index contributed by atoms with van der Waals surface area (Å²) in [4.78, 5) is 4.14. The molecule has 0 amide bonds. The summed E-state index contributed by atoms with van der Waals surface area (Å²) in [7, 11) is 0. The van der Waals surface area contributed by atoms with E-state index in [1.165, 1.54) is 0 Å². The van der Waals surface area contributed by atoms with Gasteiger partial charge < -0.3 is 0 Å². The van der Waals surface area contributed by atoms with E-state index in [1.807, 2.05) is 12.1 Å². The van der Waals surface area contributed by atoms with Gasteiger partial charge in [0.05, 0.1) is 16.7 Å². The molecule has 3 nitrogen and oxygen atoms in total. The summed E-state index contributed by atoms with van der Waals surface area (Å²) in [5, 5.41) is 9.88. The fourth-order valence-corrected chi connectivity index (χ4v) is 2.49. The number of halogens is 2. The summed E-state index contributed by atoms with van der Waals surface area (Å²) in [6, 6.07) is 11.1. The maximum Gasteiger partial charge on any atom is 0.156 e. The van der Waals surface area contributed by atoms with Crippen LogP contribution in [0.2, 0.25) is 10.2 Å². The predicted molar refractivity (Wildman–Crippen MR) is 75.4 cm³/mol. The number of benzene rings is 1. The zero-order valence-electron chi connectivity index (χ0n) is 9.64. The van der Waals surface area contributed by atoms with Crippen LogP contribution in [0.3, 0.4) is 0 Å². The normalized spacial score (nSPS) is 10.6. The molecule has 3 aromatic rings. The van der Waals surface area contributed by atoms with Gasteiger partial charge in [-0.25, -0.2) is 4.98 Å². The van der Waals surface area contributed by atoms with Gasteiger partial charge in [-0.05, 0) is 23.8 Å². The van der Waals surface area contributed by atoms with Gasteiger partial charge in [-0.3, -0.25) is 4.40 Å². The maximum atomic E-state index is 8.80. The Morgan fingerprint density at radius 2 is 1.89 bits per heavy atom. The maximum absolute atomic E-state index is 8.80. The second kappa shape index (κ2) is 4.58. The molecule has 0 spiro atoms. The molecule has 0 unspecified atom stereocenters. The van der Waals surface area contributed by atoms with Crippen molar-refractivity contribution in [2.75, 3.05) is 0 Å². The second-order valence-corrected chi connectivity index (χ2v) is 4.77. The number of imidazole rings is 1. The molecule has 0 saturated carbocycles. The standard InChI is InChI=1S/C14H7Cl2N3/c15-12-7-11(10-3-1-9(8-17)2-4-10)13(16)19-6-5-18-14(12)19/h1-7H. The van der Waals surface area contributed by atoms with Gasteiger partial charge in [-0.15, -0.1) is 0 Å². The van der Waals surface area contributed by atoms with E-state index in [0.29, 0.717) is 21.4 Å². The Balaban J connectivity index is 2.24. The Bertz CT molecular complexity index is 798. The number of fused-ring (bicyclic) bond motifs is 1. The molecule has 3 rings (SSSR count). The minimum Gasteiger partial charge on any atom is -0.289 e. The highest BCUT2D eigenvalue weighted by atomic mass is 35.5. The first kappa shape index (κ1) is 12.0. The molecule has 5 heteroatoms. The molecule has 2 heterocycles. The Morgan fingerprint density at radius 3 is 2.58 bits per heavy atom. The molecule has 19 heavy (non-hydrogen) atoms. The lowest BCUT2D eigenvalue weighted by atomic mass is 10.1. The van der Waals surface area contributed by atoms with Crippen LogP contribution in [0.5, 0.6) is 0 Å². The van der Waals surface area contributed by atoms with E-state index in [4.69, 9.17) is 28.5 Å². The number of nitriles is 1. The van der Waals surface area contributed by atoms with E-state index in [2.05, 4.69) is 11.1 Å². The van der Waals surface area contributed by atoms with E-state index >= 15 is 0 Å². The van der Waals surface area contributed by atoms with Crippen LogP contribution in [-0.4, -0.2) is 9.38 Å².